The molecule has 0 aliphatic carbocycles. The lowest BCUT2D eigenvalue weighted by molar-refractivity contribution is -0.944. The SMILES string of the molecule is CCCCC(CCCC)(CCCC)[N+](C)(C)CCCC.[Br-]. The highest BCUT2D eigenvalue weighted by atomic mass is 79.9. The average Bonchev–Trinajstić information content (AvgIpc) is 2.44. The fraction of sp³-hybridized carbons (Fsp3) is 1.00. The van der Waals surface area contributed by atoms with E-state index in [-0.39, 0.29) is 17.0 Å². The first-order valence-corrected chi connectivity index (χ1v) is 9.32. The molecule has 0 amide bonds. The Balaban J connectivity index is 0. The van der Waals surface area contributed by atoms with Crippen LogP contribution in [0.15, 0.2) is 0 Å². The number of hydrogen-bond donors (Lipinski definition) is 0. The van der Waals surface area contributed by atoms with Crippen LogP contribution >= 0.6 is 0 Å². The maximum Gasteiger partial charge on any atom is 0.0988 e. The third kappa shape index (κ3) is 8.02. The second-order valence-electron chi connectivity index (χ2n) is 7.30. The van der Waals surface area contributed by atoms with Crippen LogP contribution in [0.2, 0.25) is 0 Å². The van der Waals surface area contributed by atoms with Crippen molar-refractivity contribution < 1.29 is 21.5 Å². The van der Waals surface area contributed by atoms with E-state index in [4.69, 9.17) is 0 Å². The molecule has 0 fully saturated rings. The summed E-state index contributed by atoms with van der Waals surface area (Å²) in [6.07, 6.45) is 15.2. The average molecular weight is 364 g/mol. The zero-order valence-electron chi connectivity index (χ0n) is 15.8. The fourth-order valence-corrected chi connectivity index (χ4v) is 3.59. The van der Waals surface area contributed by atoms with Crippen molar-refractivity contribution in [1.82, 2.24) is 0 Å². The van der Waals surface area contributed by atoms with Crippen molar-refractivity contribution in [1.29, 1.82) is 0 Å². The minimum Gasteiger partial charge on any atom is -1.00 e. The third-order valence-corrected chi connectivity index (χ3v) is 5.34. The predicted molar refractivity (Wildman–Crippen MR) is 93.2 cm³/mol. The zero-order chi connectivity index (χ0) is 15.5. The molecule has 0 N–H and O–H groups in total. The Hall–Kier alpha value is 0.440. The summed E-state index contributed by atoms with van der Waals surface area (Å²) >= 11 is 0. The van der Waals surface area contributed by atoms with Crippen molar-refractivity contribution in [3.05, 3.63) is 0 Å². The van der Waals surface area contributed by atoms with Crippen LogP contribution in [0.4, 0.5) is 0 Å². The molecule has 0 aromatic heterocycles. The van der Waals surface area contributed by atoms with E-state index in [0.717, 1.165) is 0 Å². The van der Waals surface area contributed by atoms with Gasteiger partial charge in [0.2, 0.25) is 0 Å². The van der Waals surface area contributed by atoms with Gasteiger partial charge in [-0.2, -0.15) is 0 Å². The monoisotopic (exact) mass is 363 g/mol. The van der Waals surface area contributed by atoms with Crippen molar-refractivity contribution in [2.45, 2.75) is 104 Å². The van der Waals surface area contributed by atoms with Gasteiger partial charge in [0, 0.05) is 19.3 Å². The lowest BCUT2D eigenvalue weighted by atomic mass is 9.79. The van der Waals surface area contributed by atoms with E-state index in [1.54, 1.807) is 0 Å². The highest BCUT2D eigenvalue weighted by molar-refractivity contribution is 4.81. The minimum atomic E-state index is 0. The van der Waals surface area contributed by atoms with Gasteiger partial charge in [-0.1, -0.05) is 53.4 Å². The molecule has 1 nitrogen and oxygen atoms in total. The zero-order valence-corrected chi connectivity index (χ0v) is 17.4. The van der Waals surface area contributed by atoms with Crippen LogP contribution < -0.4 is 17.0 Å². The van der Waals surface area contributed by atoms with E-state index < -0.39 is 0 Å². The summed E-state index contributed by atoms with van der Waals surface area (Å²) in [6.45, 7) is 10.7. The topological polar surface area (TPSA) is 0 Å². The number of halogens is 1. The highest BCUT2D eigenvalue weighted by Gasteiger charge is 2.43. The summed E-state index contributed by atoms with van der Waals surface area (Å²) in [5.74, 6) is 0. The molecular weight excluding hydrogens is 322 g/mol. The van der Waals surface area contributed by atoms with Crippen molar-refractivity contribution in [2.24, 2.45) is 0 Å². The maximum atomic E-state index is 2.51. The maximum absolute atomic E-state index is 2.51. The summed E-state index contributed by atoms with van der Waals surface area (Å²) in [5.41, 5.74) is 0.539. The molecule has 2 heteroatoms. The Kier molecular flexibility index (Phi) is 14.6. The molecule has 21 heavy (non-hydrogen) atoms. The number of nitrogens with zero attached hydrogens (tertiary/aromatic N) is 1. The molecule has 0 saturated heterocycles. The lowest BCUT2D eigenvalue weighted by Gasteiger charge is -2.50. The third-order valence-electron chi connectivity index (χ3n) is 5.34. The van der Waals surface area contributed by atoms with E-state index in [9.17, 15) is 0 Å². The number of quaternary nitrogens is 1. The van der Waals surface area contributed by atoms with Crippen LogP contribution in [0.25, 0.3) is 0 Å². The Bertz CT molecular complexity index is 204. The molecular formula is C19H42BrN. The summed E-state index contributed by atoms with van der Waals surface area (Å²) < 4.78 is 1.25. The number of hydrogen-bond acceptors (Lipinski definition) is 0. The van der Waals surface area contributed by atoms with Crippen LogP contribution in [0.3, 0.4) is 0 Å². The molecule has 0 aromatic rings. The first-order chi connectivity index (χ1) is 9.49. The number of rotatable bonds is 13. The van der Waals surface area contributed by atoms with Gasteiger partial charge in [0.05, 0.1) is 26.2 Å². The molecule has 0 unspecified atom stereocenters. The highest BCUT2D eigenvalue weighted by Crippen LogP contribution is 2.37. The van der Waals surface area contributed by atoms with Gasteiger partial charge in [-0.3, -0.25) is 0 Å². The molecule has 130 valence electrons. The van der Waals surface area contributed by atoms with Crippen molar-refractivity contribution in [3.8, 4) is 0 Å². The van der Waals surface area contributed by atoms with E-state index in [2.05, 4.69) is 41.8 Å². The van der Waals surface area contributed by atoms with Crippen LogP contribution in [0.5, 0.6) is 0 Å². The quantitative estimate of drug-likeness (QED) is 0.441. The molecule has 0 rings (SSSR count). The van der Waals surface area contributed by atoms with Crippen molar-refractivity contribution in [2.75, 3.05) is 20.6 Å². The van der Waals surface area contributed by atoms with Gasteiger partial charge >= 0.3 is 0 Å². The van der Waals surface area contributed by atoms with Gasteiger partial charge in [-0.05, 0) is 25.7 Å². The largest absolute Gasteiger partial charge is 1.00 e. The first-order valence-electron chi connectivity index (χ1n) is 9.32. The smallest absolute Gasteiger partial charge is 0.0988 e. The summed E-state index contributed by atoms with van der Waals surface area (Å²) in [7, 11) is 5.02. The fourth-order valence-electron chi connectivity index (χ4n) is 3.59. The molecule has 0 aliphatic rings. The lowest BCUT2D eigenvalue weighted by Crippen LogP contribution is -3.00. The van der Waals surface area contributed by atoms with Gasteiger partial charge in [0.1, 0.15) is 0 Å². The Labute approximate surface area is 146 Å². The summed E-state index contributed by atoms with van der Waals surface area (Å²) in [5, 5.41) is 0. The van der Waals surface area contributed by atoms with Gasteiger partial charge in [0.15, 0.2) is 0 Å². The number of unbranched alkanes of at least 4 members (excludes halogenated alkanes) is 4. The molecule has 0 radical (unpaired) electrons. The second kappa shape index (κ2) is 12.9. The molecule has 0 atom stereocenters. The molecule has 0 saturated carbocycles. The molecule has 0 aromatic carbocycles. The van der Waals surface area contributed by atoms with Crippen LogP contribution in [0.1, 0.15) is 98.3 Å². The van der Waals surface area contributed by atoms with E-state index >= 15 is 0 Å². The molecule has 0 bridgehead atoms. The predicted octanol–water partition coefficient (Wildman–Crippen LogP) is 3.18. The van der Waals surface area contributed by atoms with Crippen molar-refractivity contribution >= 4 is 0 Å². The first kappa shape index (κ1) is 23.7. The van der Waals surface area contributed by atoms with Crippen LogP contribution in [-0.2, 0) is 0 Å². The van der Waals surface area contributed by atoms with Gasteiger partial charge < -0.3 is 21.5 Å². The van der Waals surface area contributed by atoms with Gasteiger partial charge in [-0.15, -0.1) is 0 Å². The van der Waals surface area contributed by atoms with Gasteiger partial charge in [-0.25, -0.2) is 0 Å². The van der Waals surface area contributed by atoms with E-state index in [1.807, 2.05) is 0 Å². The van der Waals surface area contributed by atoms with Crippen molar-refractivity contribution in [3.63, 3.8) is 0 Å². The van der Waals surface area contributed by atoms with Crippen LogP contribution in [-0.4, -0.2) is 30.7 Å². The standard InChI is InChI=1S/C19H42N.BrH/c1-7-11-15-19(16-12-8-2,17-13-9-3)20(5,6)18-14-10-4;/h7-18H2,1-6H3;1H/q+1;/p-1. The van der Waals surface area contributed by atoms with Gasteiger partial charge in [0.25, 0.3) is 0 Å². The Morgan fingerprint density at radius 3 is 1.24 bits per heavy atom. The van der Waals surface area contributed by atoms with Crippen LogP contribution in [0, 0.1) is 0 Å². The molecule has 0 aliphatic heterocycles. The minimum absolute atomic E-state index is 0. The summed E-state index contributed by atoms with van der Waals surface area (Å²) in [4.78, 5) is 0. The molecule has 0 heterocycles. The Morgan fingerprint density at radius 1 is 0.619 bits per heavy atom. The molecule has 0 spiro atoms. The van der Waals surface area contributed by atoms with E-state index in [0.29, 0.717) is 5.54 Å². The Morgan fingerprint density at radius 2 is 0.952 bits per heavy atom. The summed E-state index contributed by atoms with van der Waals surface area (Å²) in [6, 6.07) is 0. The second-order valence-corrected chi connectivity index (χ2v) is 7.30. The van der Waals surface area contributed by atoms with E-state index in [1.165, 1.54) is 81.7 Å². The normalized spacial score (nSPS) is 12.3.